The average Bonchev–Trinajstić information content (AvgIpc) is 3.47. The number of nitrogens with one attached hydrogen (secondary N) is 2. The third-order valence-corrected chi connectivity index (χ3v) is 6.82. The van der Waals surface area contributed by atoms with Crippen LogP contribution in [0.4, 0.5) is 5.69 Å². The SMILES string of the molecule is [2H]C([2H])(O)C12C=CC(C([2H])([2H])O)(CC(c3ccc(NC(=O)c4ncc(C#N)[nH]4)c(C4=CCC(C)(C)CC4)n3)=C1)O2. The number of aromatic amines is 1. The van der Waals surface area contributed by atoms with Crippen LogP contribution in [0.25, 0.3) is 11.1 Å². The number of hydrogen-bond acceptors (Lipinski definition) is 7. The van der Waals surface area contributed by atoms with Crippen LogP contribution in [-0.4, -0.2) is 55.4 Å². The zero-order valence-electron chi connectivity index (χ0n) is 23.9. The topological polar surface area (TPSA) is 144 Å². The van der Waals surface area contributed by atoms with E-state index in [0.29, 0.717) is 29.1 Å². The molecule has 0 saturated heterocycles. The maximum Gasteiger partial charge on any atom is 0.291 e. The molecule has 1 aliphatic carbocycles. The average molecular weight is 492 g/mol. The number of fused-ring (bicyclic) bond motifs is 2. The van der Waals surface area contributed by atoms with Crippen LogP contribution < -0.4 is 5.32 Å². The molecule has 4 N–H and O–H groups in total. The standard InChI is InChI=1S/C27H29N5O4/c1-25(2)7-5-17(6-8-25)22-21(32-24(35)23-29-14-19(13-28)30-23)4-3-20(31-22)18-11-26(15-33)9-10-27(12-18,16-34)36-26/h3-5,9-11,14,33-34H,6-8,12,15-16H2,1-2H3,(H,29,30)(H,32,35)/i15D2,16D2. The van der Waals surface area contributed by atoms with Gasteiger partial charge in [0.2, 0.25) is 0 Å². The summed E-state index contributed by atoms with van der Waals surface area (Å²) < 4.78 is 37.7. The molecule has 0 radical (unpaired) electrons. The van der Waals surface area contributed by atoms with Crippen LogP contribution in [0, 0.1) is 16.7 Å². The molecule has 186 valence electrons. The summed E-state index contributed by atoms with van der Waals surface area (Å²) >= 11 is 0. The predicted molar refractivity (Wildman–Crippen MR) is 134 cm³/mol. The molecular weight excluding hydrogens is 458 g/mol. The number of carbonyl (C=O) groups excluding carboxylic acids is 1. The third-order valence-electron chi connectivity index (χ3n) is 6.82. The van der Waals surface area contributed by atoms with Crippen molar-refractivity contribution in [3.05, 3.63) is 65.5 Å². The fourth-order valence-electron chi connectivity index (χ4n) is 4.70. The summed E-state index contributed by atoms with van der Waals surface area (Å²) in [6.45, 7) is -1.50. The summed E-state index contributed by atoms with van der Waals surface area (Å²) in [6, 6.07) is 5.12. The fraction of sp³-hybridized carbons (Fsp3) is 0.407. The van der Waals surface area contributed by atoms with E-state index >= 15 is 0 Å². The second-order valence-electron chi connectivity index (χ2n) is 10.1. The lowest BCUT2D eigenvalue weighted by Crippen LogP contribution is -2.44. The molecule has 0 fully saturated rings. The highest BCUT2D eigenvalue weighted by Gasteiger charge is 2.47. The Morgan fingerprint density at radius 3 is 2.81 bits per heavy atom. The van der Waals surface area contributed by atoms with Crippen LogP contribution in [0.2, 0.25) is 0 Å². The summed E-state index contributed by atoms with van der Waals surface area (Å²) in [5.74, 6) is -0.610. The Balaban J connectivity index is 1.58. The lowest BCUT2D eigenvalue weighted by atomic mass is 9.77. The van der Waals surface area contributed by atoms with E-state index in [4.69, 9.17) is 20.5 Å². The van der Waals surface area contributed by atoms with Gasteiger partial charge < -0.3 is 25.3 Å². The van der Waals surface area contributed by atoms with Gasteiger partial charge in [0.25, 0.3) is 5.91 Å². The number of imidazole rings is 1. The van der Waals surface area contributed by atoms with Gasteiger partial charge in [0, 0.05) is 6.42 Å². The number of aliphatic hydroxyl groups is 2. The molecule has 5 rings (SSSR count). The second kappa shape index (κ2) is 8.82. The monoisotopic (exact) mass is 491 g/mol. The molecule has 9 heteroatoms. The van der Waals surface area contributed by atoms with Crippen molar-refractivity contribution in [2.45, 2.75) is 50.7 Å². The van der Waals surface area contributed by atoms with E-state index in [0.717, 1.165) is 18.4 Å². The number of nitriles is 1. The first-order valence-electron chi connectivity index (χ1n) is 13.6. The van der Waals surface area contributed by atoms with Crippen molar-refractivity contribution in [2.24, 2.45) is 5.41 Å². The third kappa shape index (κ3) is 4.39. The molecule has 9 nitrogen and oxygen atoms in total. The molecule has 0 aromatic carbocycles. The van der Waals surface area contributed by atoms with Crippen LogP contribution in [0.15, 0.2) is 42.6 Å². The van der Waals surface area contributed by atoms with Gasteiger partial charge in [0.15, 0.2) is 5.82 Å². The lowest BCUT2D eigenvalue weighted by molar-refractivity contribution is -0.109. The number of amides is 1. The van der Waals surface area contributed by atoms with E-state index < -0.39 is 30.2 Å². The van der Waals surface area contributed by atoms with E-state index in [9.17, 15) is 15.0 Å². The number of H-pyrrole nitrogens is 1. The highest BCUT2D eigenvalue weighted by atomic mass is 16.5. The summed E-state index contributed by atoms with van der Waals surface area (Å²) in [7, 11) is 0. The summed E-state index contributed by atoms with van der Waals surface area (Å²) in [4.78, 5) is 24.4. The molecule has 36 heavy (non-hydrogen) atoms. The number of pyridine rings is 1. The van der Waals surface area contributed by atoms with Crippen molar-refractivity contribution in [1.29, 1.82) is 5.26 Å². The number of allylic oxidation sites excluding steroid dienone is 2. The summed E-state index contributed by atoms with van der Waals surface area (Å²) in [6.07, 6.45) is 9.30. The van der Waals surface area contributed by atoms with Crippen LogP contribution >= 0.6 is 0 Å². The van der Waals surface area contributed by atoms with Crippen molar-refractivity contribution >= 4 is 22.7 Å². The van der Waals surface area contributed by atoms with Crippen molar-refractivity contribution in [1.82, 2.24) is 15.0 Å². The first-order valence-corrected chi connectivity index (χ1v) is 11.6. The summed E-state index contributed by atoms with van der Waals surface area (Å²) in [5, 5.41) is 32.6. The van der Waals surface area contributed by atoms with E-state index in [1.165, 1.54) is 24.4 Å². The van der Waals surface area contributed by atoms with E-state index in [-0.39, 0.29) is 23.4 Å². The van der Waals surface area contributed by atoms with Gasteiger partial charge >= 0.3 is 0 Å². The second-order valence-corrected chi connectivity index (χ2v) is 10.1. The first-order chi connectivity index (χ1) is 18.6. The van der Waals surface area contributed by atoms with Gasteiger partial charge in [-0.25, -0.2) is 9.97 Å². The molecule has 2 aromatic heterocycles. The van der Waals surface area contributed by atoms with Crippen LogP contribution in [-0.2, 0) is 4.74 Å². The minimum atomic E-state index is -2.93. The van der Waals surface area contributed by atoms with Crippen LogP contribution in [0.3, 0.4) is 0 Å². The smallest absolute Gasteiger partial charge is 0.291 e. The number of hydrogen-bond donors (Lipinski definition) is 4. The molecule has 2 aromatic rings. The Morgan fingerprint density at radius 2 is 2.14 bits per heavy atom. The molecule has 2 aliphatic heterocycles. The fourth-order valence-corrected chi connectivity index (χ4v) is 4.70. The Morgan fingerprint density at radius 1 is 1.31 bits per heavy atom. The maximum atomic E-state index is 12.9. The number of anilines is 1. The molecule has 2 bridgehead atoms. The highest BCUT2D eigenvalue weighted by Crippen LogP contribution is 2.45. The number of carbonyl (C=O) groups is 1. The quantitative estimate of drug-likeness (QED) is 0.454. The largest absolute Gasteiger partial charge is 0.393 e. The van der Waals surface area contributed by atoms with Gasteiger partial charge in [-0.3, -0.25) is 4.79 Å². The van der Waals surface area contributed by atoms with Crippen LogP contribution in [0.1, 0.15) is 72.7 Å². The minimum absolute atomic E-state index is 0.0423. The van der Waals surface area contributed by atoms with Gasteiger partial charge in [-0.15, -0.1) is 0 Å². The molecular formula is C27H29N5O4. The van der Waals surface area contributed by atoms with Gasteiger partial charge in [-0.1, -0.05) is 26.0 Å². The molecule has 3 aliphatic rings. The lowest BCUT2D eigenvalue weighted by Gasteiger charge is -2.37. The van der Waals surface area contributed by atoms with Crippen molar-refractivity contribution < 1.29 is 25.2 Å². The number of nitrogens with zero attached hydrogens (tertiary/aromatic N) is 3. The minimum Gasteiger partial charge on any atom is -0.393 e. The van der Waals surface area contributed by atoms with Gasteiger partial charge in [-0.2, -0.15) is 5.26 Å². The zero-order valence-corrected chi connectivity index (χ0v) is 19.9. The predicted octanol–water partition coefficient (Wildman–Crippen LogP) is 3.36. The van der Waals surface area contributed by atoms with Crippen molar-refractivity contribution in [3.8, 4) is 6.07 Å². The zero-order chi connectivity index (χ0) is 29.1. The Labute approximate surface area is 214 Å². The molecule has 2 unspecified atom stereocenters. The molecule has 0 spiro atoms. The molecule has 2 atom stereocenters. The van der Waals surface area contributed by atoms with Crippen molar-refractivity contribution in [3.63, 3.8) is 0 Å². The number of rotatable bonds is 6. The highest BCUT2D eigenvalue weighted by molar-refractivity contribution is 6.03. The number of ether oxygens (including phenoxy) is 1. The van der Waals surface area contributed by atoms with Crippen molar-refractivity contribution in [2.75, 3.05) is 18.4 Å². The van der Waals surface area contributed by atoms with E-state index in [1.54, 1.807) is 12.1 Å². The van der Waals surface area contributed by atoms with Gasteiger partial charge in [-0.05, 0) is 60.1 Å². The van der Waals surface area contributed by atoms with Gasteiger partial charge in [0.05, 0.1) is 41.9 Å². The molecule has 4 heterocycles. The normalized spacial score (nSPS) is 28.6. The summed E-state index contributed by atoms with van der Waals surface area (Å²) in [5.41, 5.74) is -1.30. The Bertz CT molecular complexity index is 1510. The molecule has 0 saturated carbocycles. The van der Waals surface area contributed by atoms with Gasteiger partial charge in [0.1, 0.15) is 23.0 Å². The first kappa shape index (κ1) is 19.6. The van der Waals surface area contributed by atoms with Crippen LogP contribution in [0.5, 0.6) is 0 Å². The Hall–Kier alpha value is -3.58. The maximum absolute atomic E-state index is 12.9. The molecule has 1 amide bonds. The number of aromatic nitrogens is 3. The van der Waals surface area contributed by atoms with E-state index in [2.05, 4.69) is 35.2 Å². The Kier molecular flexibility index (Phi) is 4.80. The van der Waals surface area contributed by atoms with E-state index in [1.807, 2.05) is 6.07 Å².